The number of pyridine rings is 1. The number of hydrogen-bond donors (Lipinski definition) is 1. The second kappa shape index (κ2) is 4.16. The van der Waals surface area contributed by atoms with E-state index in [1.165, 1.54) is 12.3 Å². The van der Waals surface area contributed by atoms with Crippen molar-refractivity contribution in [1.82, 2.24) is 4.98 Å². The Balaban J connectivity index is 2.23. The number of nitrogens with zero attached hydrogens (tertiary/aromatic N) is 1. The van der Waals surface area contributed by atoms with E-state index in [0.29, 0.717) is 17.7 Å². The van der Waals surface area contributed by atoms with Crippen molar-refractivity contribution >= 4 is 21.9 Å². The Labute approximate surface area is 94.2 Å². The molecule has 1 aromatic rings. The van der Waals surface area contributed by atoms with E-state index in [-0.39, 0.29) is 17.5 Å². The largest absolute Gasteiger partial charge is 0.477 e. The minimum Gasteiger partial charge on any atom is -0.477 e. The zero-order valence-corrected chi connectivity index (χ0v) is 9.23. The zero-order chi connectivity index (χ0) is 10.8. The maximum absolute atomic E-state index is 10.9. The standard InChI is InChI=1S/C9H8BrNO4/c10-5-1-7(9(12)13)8(11-2-5)15-6-3-14-4-6/h1-2,6H,3-4H2,(H,12,13). The molecule has 1 aliphatic heterocycles. The lowest BCUT2D eigenvalue weighted by Crippen LogP contribution is -2.39. The van der Waals surface area contributed by atoms with Gasteiger partial charge in [0, 0.05) is 10.7 Å². The molecule has 1 aromatic heterocycles. The topological polar surface area (TPSA) is 68.7 Å². The zero-order valence-electron chi connectivity index (χ0n) is 7.64. The van der Waals surface area contributed by atoms with Gasteiger partial charge in [-0.05, 0) is 22.0 Å². The van der Waals surface area contributed by atoms with Gasteiger partial charge in [-0.3, -0.25) is 0 Å². The second-order valence-electron chi connectivity index (χ2n) is 3.09. The summed E-state index contributed by atoms with van der Waals surface area (Å²) >= 11 is 3.16. The SMILES string of the molecule is O=C(O)c1cc(Br)cnc1OC1COC1. The van der Waals surface area contributed by atoms with Crippen LogP contribution in [0.15, 0.2) is 16.7 Å². The maximum atomic E-state index is 10.9. The lowest BCUT2D eigenvalue weighted by atomic mass is 10.2. The highest BCUT2D eigenvalue weighted by Crippen LogP contribution is 2.22. The molecule has 2 heterocycles. The van der Waals surface area contributed by atoms with Crippen LogP contribution in [0.4, 0.5) is 0 Å². The first-order valence-corrected chi connectivity index (χ1v) is 5.09. The number of aromatic carboxylic acids is 1. The Kier molecular flexibility index (Phi) is 2.88. The number of hydrogen-bond acceptors (Lipinski definition) is 4. The van der Waals surface area contributed by atoms with Crippen LogP contribution in [-0.4, -0.2) is 35.4 Å². The van der Waals surface area contributed by atoms with Crippen LogP contribution in [0.3, 0.4) is 0 Å². The molecular formula is C9H8BrNO4. The van der Waals surface area contributed by atoms with Crippen molar-refractivity contribution in [1.29, 1.82) is 0 Å². The van der Waals surface area contributed by atoms with E-state index in [4.69, 9.17) is 14.6 Å². The predicted octanol–water partition coefficient (Wildman–Crippen LogP) is 1.32. The van der Waals surface area contributed by atoms with E-state index in [1.54, 1.807) is 0 Å². The number of ether oxygens (including phenoxy) is 2. The van der Waals surface area contributed by atoms with Crippen LogP contribution in [0.5, 0.6) is 5.88 Å². The van der Waals surface area contributed by atoms with Gasteiger partial charge in [0.25, 0.3) is 0 Å². The van der Waals surface area contributed by atoms with E-state index in [0.717, 1.165) is 0 Å². The number of carboxylic acids is 1. The molecule has 0 saturated carbocycles. The quantitative estimate of drug-likeness (QED) is 0.900. The Morgan fingerprint density at radius 3 is 2.93 bits per heavy atom. The van der Waals surface area contributed by atoms with Gasteiger partial charge < -0.3 is 14.6 Å². The first kappa shape index (κ1) is 10.4. The molecule has 5 nitrogen and oxygen atoms in total. The summed E-state index contributed by atoms with van der Waals surface area (Å²) in [6.07, 6.45) is 1.41. The highest BCUT2D eigenvalue weighted by molar-refractivity contribution is 9.10. The molecule has 0 radical (unpaired) electrons. The minimum atomic E-state index is -1.06. The van der Waals surface area contributed by atoms with E-state index in [1.807, 2.05) is 0 Å². The summed E-state index contributed by atoms with van der Waals surface area (Å²) < 4.78 is 10.9. The van der Waals surface area contributed by atoms with Gasteiger partial charge >= 0.3 is 5.97 Å². The van der Waals surface area contributed by atoms with Crippen molar-refractivity contribution in [3.8, 4) is 5.88 Å². The van der Waals surface area contributed by atoms with Crippen LogP contribution in [-0.2, 0) is 4.74 Å². The Morgan fingerprint density at radius 2 is 2.40 bits per heavy atom. The van der Waals surface area contributed by atoms with Gasteiger partial charge in [0.05, 0.1) is 13.2 Å². The van der Waals surface area contributed by atoms with Crippen molar-refractivity contribution < 1.29 is 19.4 Å². The van der Waals surface area contributed by atoms with Crippen LogP contribution in [0.1, 0.15) is 10.4 Å². The third-order valence-electron chi connectivity index (χ3n) is 1.93. The fourth-order valence-electron chi connectivity index (χ4n) is 1.11. The molecule has 2 rings (SSSR count). The number of aromatic nitrogens is 1. The molecule has 0 atom stereocenters. The number of carbonyl (C=O) groups is 1. The number of rotatable bonds is 3. The highest BCUT2D eigenvalue weighted by atomic mass is 79.9. The summed E-state index contributed by atoms with van der Waals surface area (Å²) in [5, 5.41) is 8.92. The highest BCUT2D eigenvalue weighted by Gasteiger charge is 2.23. The van der Waals surface area contributed by atoms with Gasteiger partial charge in [-0.2, -0.15) is 0 Å². The molecule has 6 heteroatoms. The van der Waals surface area contributed by atoms with Gasteiger partial charge in [0.1, 0.15) is 11.7 Å². The molecule has 1 aliphatic rings. The smallest absolute Gasteiger partial charge is 0.341 e. The van der Waals surface area contributed by atoms with E-state index in [9.17, 15) is 4.79 Å². The number of halogens is 1. The average Bonchev–Trinajstić information content (AvgIpc) is 2.12. The molecule has 0 spiro atoms. The summed E-state index contributed by atoms with van der Waals surface area (Å²) in [5.41, 5.74) is 0.0521. The van der Waals surface area contributed by atoms with Gasteiger partial charge in [-0.1, -0.05) is 0 Å². The van der Waals surface area contributed by atoms with E-state index in [2.05, 4.69) is 20.9 Å². The van der Waals surface area contributed by atoms with Crippen molar-refractivity contribution in [2.24, 2.45) is 0 Å². The summed E-state index contributed by atoms with van der Waals surface area (Å²) in [5.74, 6) is -0.918. The molecule has 0 aromatic carbocycles. The Morgan fingerprint density at radius 1 is 1.67 bits per heavy atom. The van der Waals surface area contributed by atoms with Crippen molar-refractivity contribution in [3.05, 3.63) is 22.3 Å². The second-order valence-corrected chi connectivity index (χ2v) is 4.00. The monoisotopic (exact) mass is 273 g/mol. The Hall–Kier alpha value is -1.14. The predicted molar refractivity (Wildman–Crippen MR) is 54.1 cm³/mol. The molecule has 80 valence electrons. The normalized spacial score (nSPS) is 15.8. The summed E-state index contributed by atoms with van der Waals surface area (Å²) in [4.78, 5) is 14.8. The van der Waals surface area contributed by atoms with E-state index >= 15 is 0 Å². The lowest BCUT2D eigenvalue weighted by molar-refractivity contribution is -0.0816. The van der Waals surface area contributed by atoms with Gasteiger partial charge in [0.2, 0.25) is 5.88 Å². The maximum Gasteiger partial charge on any atom is 0.341 e. The van der Waals surface area contributed by atoms with E-state index < -0.39 is 5.97 Å². The molecule has 0 bridgehead atoms. The first-order valence-electron chi connectivity index (χ1n) is 4.30. The van der Waals surface area contributed by atoms with Crippen molar-refractivity contribution in [2.75, 3.05) is 13.2 Å². The third-order valence-corrected chi connectivity index (χ3v) is 2.37. The molecule has 1 fully saturated rings. The van der Waals surface area contributed by atoms with Crippen molar-refractivity contribution in [2.45, 2.75) is 6.10 Å². The molecule has 1 N–H and O–H groups in total. The lowest BCUT2D eigenvalue weighted by Gasteiger charge is -2.26. The van der Waals surface area contributed by atoms with Crippen LogP contribution in [0.25, 0.3) is 0 Å². The molecule has 0 aliphatic carbocycles. The summed E-state index contributed by atoms with van der Waals surface area (Å²) in [6, 6.07) is 1.46. The first-order chi connectivity index (χ1) is 7.16. The fourth-order valence-corrected chi connectivity index (χ4v) is 1.45. The molecule has 1 saturated heterocycles. The Bertz CT molecular complexity index is 392. The van der Waals surface area contributed by atoms with Gasteiger partial charge in [-0.25, -0.2) is 9.78 Å². The average molecular weight is 274 g/mol. The molecule has 15 heavy (non-hydrogen) atoms. The third kappa shape index (κ3) is 2.27. The molecular weight excluding hydrogens is 266 g/mol. The molecule has 0 unspecified atom stereocenters. The van der Waals surface area contributed by atoms with Gasteiger partial charge in [0.15, 0.2) is 0 Å². The van der Waals surface area contributed by atoms with Crippen LogP contribution in [0, 0.1) is 0 Å². The van der Waals surface area contributed by atoms with Crippen LogP contribution >= 0.6 is 15.9 Å². The van der Waals surface area contributed by atoms with Gasteiger partial charge in [-0.15, -0.1) is 0 Å². The molecule has 0 amide bonds. The van der Waals surface area contributed by atoms with Crippen LogP contribution < -0.4 is 4.74 Å². The fraction of sp³-hybridized carbons (Fsp3) is 0.333. The summed E-state index contributed by atoms with van der Waals surface area (Å²) in [6.45, 7) is 0.966. The minimum absolute atomic E-state index is 0.0521. The summed E-state index contributed by atoms with van der Waals surface area (Å²) in [7, 11) is 0. The van der Waals surface area contributed by atoms with Crippen molar-refractivity contribution in [3.63, 3.8) is 0 Å². The van der Waals surface area contributed by atoms with Crippen LogP contribution in [0.2, 0.25) is 0 Å². The number of carboxylic acid groups (broad SMARTS) is 1.